The molecule has 0 unspecified atom stereocenters. The fraction of sp³-hybridized carbons (Fsp3) is 0.438. The molecule has 2 fully saturated rings. The highest BCUT2D eigenvalue weighted by Crippen LogP contribution is 2.56. The maximum Gasteiger partial charge on any atom is 0.452 e. The molecule has 8 nitrogen and oxygen atoms in total. The summed E-state index contributed by atoms with van der Waals surface area (Å²) in [6.07, 6.45) is -3.50. The molecule has 0 radical (unpaired) electrons. The number of hydrogen-bond donors (Lipinski definition) is 1. The minimum Gasteiger partial charge on any atom is -0.431 e. The maximum absolute atomic E-state index is 13.6. The van der Waals surface area contributed by atoms with Crippen molar-refractivity contribution in [2.75, 3.05) is 36.4 Å². The number of nitrogens with one attached hydrogen (secondary N) is 1. The zero-order valence-electron chi connectivity index (χ0n) is 24.6. The molecule has 43 heavy (non-hydrogen) atoms. The Morgan fingerprint density at radius 2 is 1.58 bits per heavy atom. The van der Waals surface area contributed by atoms with Crippen LogP contribution in [0.5, 0.6) is 0 Å². The first-order valence-electron chi connectivity index (χ1n) is 14.3. The van der Waals surface area contributed by atoms with Crippen LogP contribution in [-0.4, -0.2) is 53.7 Å². The standard InChI is InChI=1S/C32H35F3N4O4/c1-20(40)31(4)15-14-24(30(31,2)3)29(42)39-18-16-38(17-19-39)23-12-10-22(11-13-23)36-27(41)25-26(32(33,34)35)43-28(37-25)21-8-6-5-7-9-21/h5-13,24H,14-19H2,1-4H3,(H,36,41)/t24-,31+/m1/s1. The number of rotatable bonds is 6. The average Bonchev–Trinajstić information content (AvgIpc) is 3.54. The summed E-state index contributed by atoms with van der Waals surface area (Å²) in [6, 6.07) is 14.8. The van der Waals surface area contributed by atoms with Crippen LogP contribution in [0, 0.1) is 16.7 Å². The minimum atomic E-state index is -4.90. The lowest BCUT2D eigenvalue weighted by Gasteiger charge is -2.42. The highest BCUT2D eigenvalue weighted by Gasteiger charge is 2.57. The second-order valence-electron chi connectivity index (χ2n) is 12.1. The Morgan fingerprint density at radius 3 is 2.14 bits per heavy atom. The zero-order chi connectivity index (χ0) is 31.2. The van der Waals surface area contributed by atoms with Crippen LogP contribution in [0.25, 0.3) is 11.5 Å². The van der Waals surface area contributed by atoms with Crippen molar-refractivity contribution in [1.29, 1.82) is 0 Å². The molecular weight excluding hydrogens is 561 g/mol. The minimum absolute atomic E-state index is 0.0918. The predicted molar refractivity (Wildman–Crippen MR) is 155 cm³/mol. The summed E-state index contributed by atoms with van der Waals surface area (Å²) in [5, 5.41) is 2.48. The van der Waals surface area contributed by atoms with E-state index in [1.807, 2.05) is 25.7 Å². The molecule has 5 rings (SSSR count). The van der Waals surface area contributed by atoms with E-state index in [1.165, 1.54) is 0 Å². The molecule has 2 atom stereocenters. The first kappa shape index (κ1) is 30.3. The highest BCUT2D eigenvalue weighted by molar-refractivity contribution is 6.04. The summed E-state index contributed by atoms with van der Waals surface area (Å²) < 4.78 is 45.9. The largest absolute Gasteiger partial charge is 0.452 e. The van der Waals surface area contributed by atoms with E-state index < -0.39 is 34.4 Å². The Bertz CT molecular complexity index is 1510. The molecule has 1 saturated heterocycles. The third-order valence-electron chi connectivity index (χ3n) is 9.50. The molecular formula is C32H35F3N4O4. The number of aromatic nitrogens is 1. The molecule has 2 amide bonds. The van der Waals surface area contributed by atoms with Gasteiger partial charge in [0.25, 0.3) is 5.91 Å². The summed E-state index contributed by atoms with van der Waals surface area (Å²) in [5.74, 6) is -2.78. The van der Waals surface area contributed by atoms with Crippen molar-refractivity contribution in [3.05, 3.63) is 66.1 Å². The van der Waals surface area contributed by atoms with Gasteiger partial charge in [-0.25, -0.2) is 4.98 Å². The van der Waals surface area contributed by atoms with Crippen LogP contribution in [0.4, 0.5) is 24.5 Å². The zero-order valence-corrected chi connectivity index (χ0v) is 24.6. The molecule has 0 spiro atoms. The van der Waals surface area contributed by atoms with Crippen molar-refractivity contribution in [1.82, 2.24) is 9.88 Å². The summed E-state index contributed by atoms with van der Waals surface area (Å²) >= 11 is 0. The van der Waals surface area contributed by atoms with Gasteiger partial charge in [0, 0.05) is 54.5 Å². The Kier molecular flexibility index (Phi) is 7.87. The van der Waals surface area contributed by atoms with Gasteiger partial charge in [0.1, 0.15) is 5.78 Å². The number of oxazole rings is 1. The van der Waals surface area contributed by atoms with Gasteiger partial charge in [-0.1, -0.05) is 39.0 Å². The van der Waals surface area contributed by atoms with Gasteiger partial charge >= 0.3 is 6.18 Å². The van der Waals surface area contributed by atoms with Crippen molar-refractivity contribution in [3.63, 3.8) is 0 Å². The molecule has 1 aromatic heterocycles. The lowest BCUT2D eigenvalue weighted by Crippen LogP contribution is -2.53. The van der Waals surface area contributed by atoms with Gasteiger partial charge in [-0.3, -0.25) is 14.4 Å². The molecule has 2 aromatic carbocycles. The number of anilines is 2. The summed E-state index contributed by atoms with van der Waals surface area (Å²) in [5.41, 5.74) is -0.303. The van der Waals surface area contributed by atoms with E-state index in [-0.39, 0.29) is 23.5 Å². The molecule has 2 heterocycles. The van der Waals surface area contributed by atoms with Crippen LogP contribution in [0.1, 0.15) is 56.8 Å². The Balaban J connectivity index is 1.22. The monoisotopic (exact) mass is 596 g/mol. The number of carbonyl (C=O) groups excluding carboxylic acids is 3. The second-order valence-corrected chi connectivity index (χ2v) is 12.1. The number of nitrogens with zero attached hydrogens (tertiary/aromatic N) is 3. The molecule has 1 N–H and O–H groups in total. The van der Waals surface area contributed by atoms with Gasteiger partial charge in [0.2, 0.25) is 17.6 Å². The van der Waals surface area contributed by atoms with Gasteiger partial charge in [-0.05, 0) is 61.6 Å². The SMILES string of the molecule is CC(=O)[C@]1(C)CC[C@H](C(=O)N2CCN(c3ccc(NC(=O)c4nc(-c5ccccc5)oc4C(F)(F)F)cc3)CC2)C1(C)C. The van der Waals surface area contributed by atoms with Crippen LogP contribution >= 0.6 is 0 Å². The van der Waals surface area contributed by atoms with Crippen molar-refractivity contribution in [2.24, 2.45) is 16.7 Å². The number of Topliss-reactive ketones (excluding diaryl/α,β-unsaturated/α-hetero) is 1. The number of halogens is 3. The number of amides is 2. The fourth-order valence-electron chi connectivity index (χ4n) is 6.28. The topological polar surface area (TPSA) is 95.8 Å². The fourth-order valence-corrected chi connectivity index (χ4v) is 6.28. The van der Waals surface area contributed by atoms with Crippen LogP contribution in [-0.2, 0) is 15.8 Å². The van der Waals surface area contributed by atoms with E-state index in [0.717, 1.165) is 5.69 Å². The number of carbonyl (C=O) groups is 3. The van der Waals surface area contributed by atoms with E-state index in [1.54, 1.807) is 61.5 Å². The number of ketones is 1. The van der Waals surface area contributed by atoms with Crippen molar-refractivity contribution < 1.29 is 32.0 Å². The van der Waals surface area contributed by atoms with Crippen molar-refractivity contribution in [2.45, 2.75) is 46.7 Å². The summed E-state index contributed by atoms with van der Waals surface area (Å²) in [6.45, 7) is 9.91. The van der Waals surface area contributed by atoms with Crippen LogP contribution in [0.15, 0.2) is 59.0 Å². The first-order valence-corrected chi connectivity index (χ1v) is 14.3. The lowest BCUT2D eigenvalue weighted by atomic mass is 9.63. The number of piperazine rings is 1. The Labute approximate surface area is 248 Å². The molecule has 0 bridgehead atoms. The Morgan fingerprint density at radius 1 is 0.953 bits per heavy atom. The number of hydrogen-bond acceptors (Lipinski definition) is 6. The first-order chi connectivity index (χ1) is 20.2. The smallest absolute Gasteiger partial charge is 0.431 e. The quantitative estimate of drug-likeness (QED) is 0.359. The van der Waals surface area contributed by atoms with Gasteiger partial charge < -0.3 is 19.5 Å². The van der Waals surface area contributed by atoms with Crippen LogP contribution in [0.3, 0.4) is 0 Å². The van der Waals surface area contributed by atoms with Gasteiger partial charge in [-0.15, -0.1) is 0 Å². The van der Waals surface area contributed by atoms with Gasteiger partial charge in [-0.2, -0.15) is 13.2 Å². The van der Waals surface area contributed by atoms with E-state index in [0.29, 0.717) is 50.3 Å². The summed E-state index contributed by atoms with van der Waals surface area (Å²) in [7, 11) is 0. The van der Waals surface area contributed by atoms with Crippen LogP contribution in [0.2, 0.25) is 0 Å². The average molecular weight is 597 g/mol. The molecule has 11 heteroatoms. The van der Waals surface area contributed by atoms with Crippen molar-refractivity contribution in [3.8, 4) is 11.5 Å². The molecule has 1 aliphatic heterocycles. The van der Waals surface area contributed by atoms with E-state index in [2.05, 4.69) is 15.2 Å². The molecule has 3 aromatic rings. The lowest BCUT2D eigenvalue weighted by molar-refractivity contribution is -0.153. The van der Waals surface area contributed by atoms with E-state index in [9.17, 15) is 27.6 Å². The van der Waals surface area contributed by atoms with E-state index in [4.69, 9.17) is 4.42 Å². The summed E-state index contributed by atoms with van der Waals surface area (Å²) in [4.78, 5) is 46.5. The second kappa shape index (κ2) is 11.2. The Hall–Kier alpha value is -4.15. The molecule has 1 saturated carbocycles. The molecule has 2 aliphatic rings. The van der Waals surface area contributed by atoms with Gasteiger partial charge in [0.15, 0.2) is 5.69 Å². The van der Waals surface area contributed by atoms with Gasteiger partial charge in [0.05, 0.1) is 0 Å². The normalized spacial score (nSPS) is 22.0. The van der Waals surface area contributed by atoms with E-state index >= 15 is 0 Å². The number of benzene rings is 2. The molecule has 1 aliphatic carbocycles. The van der Waals surface area contributed by atoms with Crippen LogP contribution < -0.4 is 10.2 Å². The highest BCUT2D eigenvalue weighted by atomic mass is 19.4. The number of alkyl halides is 3. The molecule has 228 valence electrons. The third-order valence-corrected chi connectivity index (χ3v) is 9.50. The maximum atomic E-state index is 13.6. The third kappa shape index (κ3) is 5.64. The predicted octanol–water partition coefficient (Wildman–Crippen LogP) is 6.29. The van der Waals surface area contributed by atoms with Crippen molar-refractivity contribution >= 4 is 29.0 Å².